The molecule has 9 heteroatoms. The lowest BCUT2D eigenvalue weighted by Crippen LogP contribution is -2.16. The van der Waals surface area contributed by atoms with E-state index in [2.05, 4.69) is 20.8 Å². The summed E-state index contributed by atoms with van der Waals surface area (Å²) in [5.41, 5.74) is -0.289. The van der Waals surface area contributed by atoms with Crippen LogP contribution in [0.25, 0.3) is 0 Å². The number of ether oxygens (including phenoxy) is 1. The molecule has 0 fully saturated rings. The summed E-state index contributed by atoms with van der Waals surface area (Å²) in [6.07, 6.45) is 0.108. The van der Waals surface area contributed by atoms with Crippen LogP contribution < -0.4 is 15.4 Å². The van der Waals surface area contributed by atoms with Gasteiger partial charge in [-0.25, -0.2) is 13.2 Å². The zero-order chi connectivity index (χ0) is 19.9. The van der Waals surface area contributed by atoms with Gasteiger partial charge in [0.15, 0.2) is 29.1 Å². The van der Waals surface area contributed by atoms with Crippen LogP contribution in [0.2, 0.25) is 0 Å². The van der Waals surface area contributed by atoms with Gasteiger partial charge in [-0.05, 0) is 36.4 Å². The highest BCUT2D eigenvalue weighted by Gasteiger charge is 2.14. The highest BCUT2D eigenvalue weighted by molar-refractivity contribution is 5.89. The van der Waals surface area contributed by atoms with Gasteiger partial charge in [-0.3, -0.25) is 4.79 Å². The van der Waals surface area contributed by atoms with E-state index in [1.54, 1.807) is 12.1 Å². The third kappa shape index (κ3) is 4.97. The predicted octanol–water partition coefficient (Wildman–Crippen LogP) is 4.05. The van der Waals surface area contributed by atoms with Crippen LogP contribution in [0.5, 0.6) is 5.75 Å². The van der Waals surface area contributed by atoms with E-state index in [0.717, 1.165) is 12.1 Å². The summed E-state index contributed by atoms with van der Waals surface area (Å²) < 4.78 is 45.2. The number of carbonyl (C=O) groups is 1. The van der Waals surface area contributed by atoms with Crippen molar-refractivity contribution in [1.29, 1.82) is 0 Å². The van der Waals surface area contributed by atoms with Gasteiger partial charge in [-0.2, -0.15) is 0 Å². The Hall–Kier alpha value is -3.62. The summed E-state index contributed by atoms with van der Waals surface area (Å²) >= 11 is 0. The number of nitrogens with one attached hydrogen (secondary N) is 2. The summed E-state index contributed by atoms with van der Waals surface area (Å²) in [6.45, 7) is 0.193. The number of halogens is 3. The molecule has 1 heterocycles. The normalized spacial score (nSPS) is 10.4. The van der Waals surface area contributed by atoms with Crippen LogP contribution in [0.1, 0.15) is 6.42 Å². The van der Waals surface area contributed by atoms with E-state index in [1.165, 1.54) is 12.1 Å². The molecule has 0 aliphatic heterocycles. The van der Waals surface area contributed by atoms with E-state index in [1.807, 2.05) is 18.2 Å². The van der Waals surface area contributed by atoms with Crippen molar-refractivity contribution in [1.82, 2.24) is 10.2 Å². The van der Waals surface area contributed by atoms with Crippen molar-refractivity contribution in [3.05, 3.63) is 72.0 Å². The second-order valence-electron chi connectivity index (χ2n) is 5.61. The molecule has 1 aromatic heterocycles. The predicted molar refractivity (Wildman–Crippen MR) is 96.8 cm³/mol. The smallest absolute Gasteiger partial charge is 0.229 e. The lowest BCUT2D eigenvalue weighted by Gasteiger charge is -2.09. The molecule has 1 amide bonds. The fraction of sp³-hybridized carbons (Fsp3) is 0.105. The number of hydrogen-bond acceptors (Lipinski definition) is 5. The quantitative estimate of drug-likeness (QED) is 0.598. The minimum Gasteiger partial charge on any atom is -0.493 e. The number of aromatic nitrogens is 2. The van der Waals surface area contributed by atoms with E-state index in [0.29, 0.717) is 5.75 Å². The first-order valence-electron chi connectivity index (χ1n) is 8.25. The molecule has 3 aromatic rings. The zero-order valence-corrected chi connectivity index (χ0v) is 14.5. The molecule has 0 atom stereocenters. The summed E-state index contributed by atoms with van der Waals surface area (Å²) in [5.74, 6) is -3.62. The van der Waals surface area contributed by atoms with Crippen LogP contribution in [0, 0.1) is 17.5 Å². The van der Waals surface area contributed by atoms with Crippen LogP contribution >= 0.6 is 0 Å². The lowest BCUT2D eigenvalue weighted by molar-refractivity contribution is -0.116. The molecule has 0 radical (unpaired) electrons. The van der Waals surface area contributed by atoms with Crippen molar-refractivity contribution in [2.24, 2.45) is 0 Å². The van der Waals surface area contributed by atoms with Crippen molar-refractivity contribution in [2.75, 3.05) is 17.2 Å². The number of carbonyl (C=O) groups excluding carboxylic acids is 1. The van der Waals surface area contributed by atoms with Gasteiger partial charge in [0.05, 0.1) is 18.7 Å². The minimum absolute atomic E-state index is 0.0929. The number of amides is 1. The molecule has 0 aliphatic carbocycles. The summed E-state index contributed by atoms with van der Waals surface area (Å²) in [7, 11) is 0. The fourth-order valence-corrected chi connectivity index (χ4v) is 2.21. The van der Waals surface area contributed by atoms with Gasteiger partial charge in [0.1, 0.15) is 5.75 Å². The van der Waals surface area contributed by atoms with E-state index < -0.39 is 17.5 Å². The second kappa shape index (κ2) is 8.85. The maximum Gasteiger partial charge on any atom is 0.229 e. The maximum atomic E-state index is 13.6. The zero-order valence-electron chi connectivity index (χ0n) is 14.5. The Kier molecular flexibility index (Phi) is 6.05. The highest BCUT2D eigenvalue weighted by atomic mass is 19.2. The number of hydrogen-bond donors (Lipinski definition) is 2. The Balaban J connectivity index is 1.51. The largest absolute Gasteiger partial charge is 0.493 e. The van der Waals surface area contributed by atoms with Gasteiger partial charge in [0, 0.05) is 0 Å². The maximum absolute atomic E-state index is 13.6. The SMILES string of the molecule is O=C(CCOc1ccccc1)Nc1ccc(Nc2ccc(F)c(F)c2F)nn1. The van der Waals surface area contributed by atoms with Gasteiger partial charge in [-0.1, -0.05) is 18.2 Å². The Labute approximate surface area is 158 Å². The lowest BCUT2D eigenvalue weighted by atomic mass is 10.3. The molecule has 0 saturated heterocycles. The van der Waals surface area contributed by atoms with Gasteiger partial charge in [0.2, 0.25) is 5.91 Å². The van der Waals surface area contributed by atoms with Crippen LogP contribution in [0.3, 0.4) is 0 Å². The second-order valence-corrected chi connectivity index (χ2v) is 5.61. The molecule has 28 heavy (non-hydrogen) atoms. The monoisotopic (exact) mass is 388 g/mol. The molecule has 0 aliphatic rings. The molecule has 0 saturated carbocycles. The molecule has 6 nitrogen and oxygen atoms in total. The first kappa shape index (κ1) is 19.2. The molecular weight excluding hydrogens is 373 g/mol. The van der Waals surface area contributed by atoms with Crippen molar-refractivity contribution in [3.63, 3.8) is 0 Å². The third-order valence-corrected chi connectivity index (χ3v) is 3.57. The molecule has 0 spiro atoms. The van der Waals surface area contributed by atoms with Crippen molar-refractivity contribution >= 4 is 23.2 Å². The Morgan fingerprint density at radius 2 is 1.61 bits per heavy atom. The molecular formula is C19H15F3N4O2. The average Bonchev–Trinajstić information content (AvgIpc) is 2.71. The fourth-order valence-electron chi connectivity index (χ4n) is 2.21. The van der Waals surface area contributed by atoms with Crippen LogP contribution in [0.15, 0.2) is 54.6 Å². The summed E-state index contributed by atoms with van der Waals surface area (Å²) in [5, 5.41) is 12.6. The summed E-state index contributed by atoms with van der Waals surface area (Å²) in [6, 6.07) is 13.7. The highest BCUT2D eigenvalue weighted by Crippen LogP contribution is 2.22. The van der Waals surface area contributed by atoms with Gasteiger partial charge < -0.3 is 15.4 Å². The topological polar surface area (TPSA) is 76.1 Å². The number of anilines is 3. The molecule has 144 valence electrons. The first-order chi connectivity index (χ1) is 13.5. The molecule has 2 aromatic carbocycles. The minimum atomic E-state index is -1.58. The third-order valence-electron chi connectivity index (χ3n) is 3.57. The Morgan fingerprint density at radius 1 is 0.893 bits per heavy atom. The molecule has 0 unspecified atom stereocenters. The van der Waals surface area contributed by atoms with Crippen LogP contribution in [-0.4, -0.2) is 22.7 Å². The Bertz CT molecular complexity index is 953. The van der Waals surface area contributed by atoms with E-state index in [-0.39, 0.29) is 36.3 Å². The van der Waals surface area contributed by atoms with E-state index in [9.17, 15) is 18.0 Å². The summed E-state index contributed by atoms with van der Waals surface area (Å²) in [4.78, 5) is 11.9. The molecule has 3 rings (SSSR count). The van der Waals surface area contributed by atoms with E-state index >= 15 is 0 Å². The number of nitrogens with zero attached hydrogens (tertiary/aromatic N) is 2. The van der Waals surface area contributed by atoms with Crippen molar-refractivity contribution in [2.45, 2.75) is 6.42 Å². The number of para-hydroxylation sites is 1. The first-order valence-corrected chi connectivity index (χ1v) is 8.25. The van der Waals surface area contributed by atoms with Crippen LogP contribution in [0.4, 0.5) is 30.5 Å². The standard InChI is InChI=1S/C19H15F3N4O2/c20-13-6-7-14(19(22)18(13)21)23-15-8-9-16(26-25-15)24-17(27)10-11-28-12-4-2-1-3-5-12/h1-9H,10-11H2,(H,23,25)(H,24,26,27). The van der Waals surface area contributed by atoms with Gasteiger partial charge in [0.25, 0.3) is 0 Å². The van der Waals surface area contributed by atoms with Gasteiger partial charge >= 0.3 is 0 Å². The average molecular weight is 388 g/mol. The van der Waals surface area contributed by atoms with Crippen LogP contribution in [-0.2, 0) is 4.79 Å². The molecule has 0 bridgehead atoms. The number of rotatable bonds is 7. The van der Waals surface area contributed by atoms with Crippen molar-refractivity contribution in [3.8, 4) is 5.75 Å². The van der Waals surface area contributed by atoms with Crippen molar-refractivity contribution < 1.29 is 22.7 Å². The number of benzene rings is 2. The van der Waals surface area contributed by atoms with Gasteiger partial charge in [-0.15, -0.1) is 10.2 Å². The van der Waals surface area contributed by atoms with E-state index in [4.69, 9.17) is 4.74 Å². The molecule has 2 N–H and O–H groups in total. The Morgan fingerprint density at radius 3 is 2.32 bits per heavy atom.